The van der Waals surface area contributed by atoms with Gasteiger partial charge in [-0.2, -0.15) is 0 Å². The second-order valence-electron chi connectivity index (χ2n) is 5.69. The van der Waals surface area contributed by atoms with Gasteiger partial charge in [-0.1, -0.05) is 32.1 Å². The highest BCUT2D eigenvalue weighted by Gasteiger charge is 2.19. The fourth-order valence-corrected chi connectivity index (χ4v) is 2.07. The smallest absolute Gasteiger partial charge is 0.407 e. The Hall–Kier alpha value is -0.730. The fourth-order valence-electron chi connectivity index (χ4n) is 2.07. The van der Waals surface area contributed by atoms with Crippen molar-refractivity contribution in [3.05, 3.63) is 0 Å². The molecule has 1 rings (SSSR count). The van der Waals surface area contributed by atoms with Crippen LogP contribution in [0.5, 0.6) is 0 Å². The van der Waals surface area contributed by atoms with Crippen molar-refractivity contribution in [2.24, 2.45) is 0 Å². The predicted octanol–water partition coefficient (Wildman–Crippen LogP) is 3.62. The highest BCUT2D eigenvalue weighted by Crippen LogP contribution is 2.17. The number of alkyl carbamates (subject to hydrolysis) is 1. The number of carbonyl (C=O) groups is 1. The molecule has 1 saturated carbocycles. The quantitative estimate of drug-likeness (QED) is 0.743. The van der Waals surface area contributed by atoms with E-state index in [0.717, 1.165) is 12.8 Å². The molecule has 3 nitrogen and oxygen atoms in total. The van der Waals surface area contributed by atoms with E-state index in [-0.39, 0.29) is 6.09 Å². The van der Waals surface area contributed by atoms with Gasteiger partial charge in [-0.3, -0.25) is 0 Å². The molecule has 1 N–H and O–H groups in total. The molecule has 3 heteroatoms. The minimum atomic E-state index is -0.397. The number of rotatable bonds is 1. The van der Waals surface area contributed by atoms with Crippen LogP contribution >= 0.6 is 0 Å². The lowest BCUT2D eigenvalue weighted by Gasteiger charge is -2.24. The lowest BCUT2D eigenvalue weighted by Crippen LogP contribution is -2.39. The van der Waals surface area contributed by atoms with Crippen molar-refractivity contribution in [1.29, 1.82) is 0 Å². The summed E-state index contributed by atoms with van der Waals surface area (Å²) in [6.07, 6.45) is 8.32. The van der Waals surface area contributed by atoms with Crippen molar-refractivity contribution in [2.45, 2.75) is 77.4 Å². The highest BCUT2D eigenvalue weighted by atomic mass is 16.6. The molecule has 0 spiro atoms. The minimum absolute atomic E-state index is 0.266. The zero-order valence-corrected chi connectivity index (χ0v) is 10.8. The second kappa shape index (κ2) is 6.12. The minimum Gasteiger partial charge on any atom is -0.444 e. The summed E-state index contributed by atoms with van der Waals surface area (Å²) in [5.41, 5.74) is -0.397. The third-order valence-corrected chi connectivity index (χ3v) is 2.83. The molecular formula is C13H25NO2. The van der Waals surface area contributed by atoms with Gasteiger partial charge in [0.1, 0.15) is 5.60 Å². The van der Waals surface area contributed by atoms with Gasteiger partial charge >= 0.3 is 6.09 Å². The van der Waals surface area contributed by atoms with Crippen LogP contribution in [0, 0.1) is 0 Å². The lowest BCUT2D eigenvalue weighted by molar-refractivity contribution is 0.0496. The van der Waals surface area contributed by atoms with Crippen LogP contribution in [-0.4, -0.2) is 17.7 Å². The Morgan fingerprint density at radius 3 is 2.06 bits per heavy atom. The molecule has 0 unspecified atom stereocenters. The van der Waals surface area contributed by atoms with E-state index >= 15 is 0 Å². The van der Waals surface area contributed by atoms with Gasteiger partial charge in [0.05, 0.1) is 0 Å². The molecule has 0 atom stereocenters. The van der Waals surface area contributed by atoms with Crippen LogP contribution in [0.2, 0.25) is 0 Å². The van der Waals surface area contributed by atoms with Crippen LogP contribution in [0.1, 0.15) is 65.7 Å². The molecule has 1 aliphatic carbocycles. The number of carbonyl (C=O) groups excluding carboxylic acids is 1. The van der Waals surface area contributed by atoms with Crippen LogP contribution in [0.15, 0.2) is 0 Å². The van der Waals surface area contributed by atoms with E-state index in [0.29, 0.717) is 6.04 Å². The molecule has 0 aromatic heterocycles. The summed E-state index contributed by atoms with van der Waals surface area (Å²) >= 11 is 0. The van der Waals surface area contributed by atoms with E-state index in [4.69, 9.17) is 4.74 Å². The van der Waals surface area contributed by atoms with Gasteiger partial charge in [-0.25, -0.2) is 4.79 Å². The molecule has 0 radical (unpaired) electrons. The maximum atomic E-state index is 11.6. The molecule has 0 aliphatic heterocycles. The Labute approximate surface area is 98.9 Å². The van der Waals surface area contributed by atoms with Gasteiger partial charge in [-0.05, 0) is 33.6 Å². The molecular weight excluding hydrogens is 202 g/mol. The Balaban J connectivity index is 2.30. The number of hydrogen-bond donors (Lipinski definition) is 1. The van der Waals surface area contributed by atoms with Crippen molar-refractivity contribution >= 4 is 6.09 Å². The second-order valence-corrected chi connectivity index (χ2v) is 5.69. The first-order chi connectivity index (χ1) is 7.47. The molecule has 0 aromatic rings. The van der Waals surface area contributed by atoms with Crippen LogP contribution in [0.25, 0.3) is 0 Å². The Bertz CT molecular complexity index is 212. The summed E-state index contributed by atoms with van der Waals surface area (Å²) in [5.74, 6) is 0. The van der Waals surface area contributed by atoms with Crippen LogP contribution in [0.3, 0.4) is 0 Å². The average molecular weight is 227 g/mol. The zero-order chi connectivity index (χ0) is 12.0. The number of hydrogen-bond acceptors (Lipinski definition) is 2. The molecule has 0 heterocycles. The van der Waals surface area contributed by atoms with Crippen molar-refractivity contribution in [1.82, 2.24) is 5.32 Å². The van der Waals surface area contributed by atoms with Gasteiger partial charge in [0.2, 0.25) is 0 Å². The maximum Gasteiger partial charge on any atom is 0.407 e. The molecule has 1 amide bonds. The topological polar surface area (TPSA) is 38.3 Å². The normalized spacial score (nSPS) is 19.7. The maximum absolute atomic E-state index is 11.6. The number of nitrogens with one attached hydrogen (secondary N) is 1. The average Bonchev–Trinajstić information content (AvgIpc) is 2.06. The Morgan fingerprint density at radius 2 is 1.56 bits per heavy atom. The molecule has 0 aromatic carbocycles. The van der Waals surface area contributed by atoms with Crippen LogP contribution in [-0.2, 0) is 4.74 Å². The van der Waals surface area contributed by atoms with E-state index in [1.807, 2.05) is 20.8 Å². The third-order valence-electron chi connectivity index (χ3n) is 2.83. The van der Waals surface area contributed by atoms with Gasteiger partial charge in [0.25, 0.3) is 0 Å². The first-order valence-electron chi connectivity index (χ1n) is 6.47. The van der Waals surface area contributed by atoms with Gasteiger partial charge in [-0.15, -0.1) is 0 Å². The van der Waals surface area contributed by atoms with E-state index in [2.05, 4.69) is 5.32 Å². The number of amides is 1. The van der Waals surface area contributed by atoms with E-state index in [1.54, 1.807) is 0 Å². The predicted molar refractivity (Wildman–Crippen MR) is 65.5 cm³/mol. The molecule has 0 bridgehead atoms. The first-order valence-corrected chi connectivity index (χ1v) is 6.47. The SMILES string of the molecule is CC(C)(C)OC(=O)NC1CCCCCCC1. The van der Waals surface area contributed by atoms with Gasteiger partial charge in [0.15, 0.2) is 0 Å². The van der Waals surface area contributed by atoms with E-state index in [1.165, 1.54) is 32.1 Å². The summed E-state index contributed by atoms with van der Waals surface area (Å²) in [4.78, 5) is 11.6. The summed E-state index contributed by atoms with van der Waals surface area (Å²) in [7, 11) is 0. The molecule has 94 valence electrons. The van der Waals surface area contributed by atoms with Crippen molar-refractivity contribution < 1.29 is 9.53 Å². The monoisotopic (exact) mass is 227 g/mol. The fraction of sp³-hybridized carbons (Fsp3) is 0.923. The third kappa shape index (κ3) is 5.99. The van der Waals surface area contributed by atoms with Crippen molar-refractivity contribution in [2.75, 3.05) is 0 Å². The lowest BCUT2D eigenvalue weighted by atomic mass is 9.97. The van der Waals surface area contributed by atoms with Gasteiger partial charge in [0, 0.05) is 6.04 Å². The highest BCUT2D eigenvalue weighted by molar-refractivity contribution is 5.68. The van der Waals surface area contributed by atoms with Gasteiger partial charge < -0.3 is 10.1 Å². The molecule has 1 fully saturated rings. The zero-order valence-electron chi connectivity index (χ0n) is 10.8. The van der Waals surface area contributed by atoms with Crippen LogP contribution < -0.4 is 5.32 Å². The van der Waals surface area contributed by atoms with Crippen molar-refractivity contribution in [3.63, 3.8) is 0 Å². The molecule has 0 saturated heterocycles. The van der Waals surface area contributed by atoms with Crippen molar-refractivity contribution in [3.8, 4) is 0 Å². The first kappa shape index (κ1) is 13.3. The van der Waals surface area contributed by atoms with Crippen LogP contribution in [0.4, 0.5) is 4.79 Å². The number of ether oxygens (including phenoxy) is 1. The standard InChI is InChI=1S/C13H25NO2/c1-13(2,3)16-12(15)14-11-9-7-5-4-6-8-10-11/h11H,4-10H2,1-3H3,(H,14,15). The van der Waals surface area contributed by atoms with E-state index in [9.17, 15) is 4.79 Å². The summed E-state index contributed by atoms with van der Waals surface area (Å²) in [6.45, 7) is 5.68. The summed E-state index contributed by atoms with van der Waals surface area (Å²) in [5, 5.41) is 2.98. The summed E-state index contributed by atoms with van der Waals surface area (Å²) in [6, 6.07) is 0.315. The van der Waals surface area contributed by atoms with E-state index < -0.39 is 5.60 Å². The summed E-state index contributed by atoms with van der Waals surface area (Å²) < 4.78 is 5.26. The molecule has 16 heavy (non-hydrogen) atoms. The largest absolute Gasteiger partial charge is 0.444 e. The Morgan fingerprint density at radius 1 is 1.06 bits per heavy atom. The Kier molecular flexibility index (Phi) is 5.10. The molecule has 1 aliphatic rings.